The van der Waals surface area contributed by atoms with Gasteiger partial charge >= 0.3 is 0 Å². The average Bonchev–Trinajstić information content (AvgIpc) is 2.64. The lowest BCUT2D eigenvalue weighted by molar-refractivity contribution is -0.123. The minimum atomic E-state index is -0.993. The predicted molar refractivity (Wildman–Crippen MR) is 63.2 cm³/mol. The molecule has 1 heterocycles. The van der Waals surface area contributed by atoms with Crippen LogP contribution in [0, 0.1) is 30.6 Å². The molecule has 5 heteroatoms. The number of aromatic nitrogens is 1. The van der Waals surface area contributed by atoms with Gasteiger partial charge in [0.05, 0.1) is 11.8 Å². The van der Waals surface area contributed by atoms with Crippen molar-refractivity contribution < 1.29 is 9.32 Å². The second-order valence-electron chi connectivity index (χ2n) is 4.08. The number of rotatable bonds is 4. The van der Waals surface area contributed by atoms with Crippen LogP contribution in [0.5, 0.6) is 0 Å². The number of carbonyl (C=O) groups excluding carboxylic acids is 1. The van der Waals surface area contributed by atoms with Gasteiger partial charge in [-0.2, -0.15) is 5.26 Å². The number of hydrogen-bond acceptors (Lipinski definition) is 4. The second-order valence-corrected chi connectivity index (χ2v) is 4.08. The van der Waals surface area contributed by atoms with Crippen molar-refractivity contribution >= 4 is 11.8 Å². The van der Waals surface area contributed by atoms with E-state index < -0.39 is 5.41 Å². The van der Waals surface area contributed by atoms with E-state index in [2.05, 4.69) is 16.5 Å². The van der Waals surface area contributed by atoms with Crippen molar-refractivity contribution in [3.63, 3.8) is 0 Å². The highest BCUT2D eigenvalue weighted by atomic mass is 16.5. The van der Waals surface area contributed by atoms with Crippen molar-refractivity contribution in [2.24, 2.45) is 5.41 Å². The Morgan fingerprint density at radius 3 is 2.41 bits per heavy atom. The maximum atomic E-state index is 12.1. The van der Waals surface area contributed by atoms with Crippen molar-refractivity contribution in [3.05, 3.63) is 11.3 Å². The number of nitriles is 1. The third-order valence-corrected chi connectivity index (χ3v) is 3.24. The molecule has 1 amide bonds. The van der Waals surface area contributed by atoms with Gasteiger partial charge in [-0.1, -0.05) is 19.0 Å². The van der Waals surface area contributed by atoms with E-state index in [1.165, 1.54) is 0 Å². The summed E-state index contributed by atoms with van der Waals surface area (Å²) in [6.07, 6.45) is 0.940. The molecule has 0 unspecified atom stereocenters. The van der Waals surface area contributed by atoms with Gasteiger partial charge in [0.15, 0.2) is 0 Å². The molecule has 0 bridgehead atoms. The molecule has 0 aliphatic rings. The Morgan fingerprint density at radius 2 is 2.06 bits per heavy atom. The standard InChI is InChI=1S/C12H17N3O2/c1-5-12(6-2,7-13)11(16)14-10-8(3)9(4)15-17-10/h5-6H2,1-4H3,(H,14,16). The molecule has 0 aliphatic carbocycles. The monoisotopic (exact) mass is 235 g/mol. The zero-order valence-electron chi connectivity index (χ0n) is 10.6. The molecule has 0 fully saturated rings. The molecular formula is C12H17N3O2. The third kappa shape index (κ3) is 2.31. The maximum Gasteiger partial charge on any atom is 0.247 e. The van der Waals surface area contributed by atoms with Crippen LogP contribution in [0.2, 0.25) is 0 Å². The zero-order valence-corrected chi connectivity index (χ0v) is 10.6. The van der Waals surface area contributed by atoms with E-state index in [0.717, 1.165) is 11.3 Å². The summed E-state index contributed by atoms with van der Waals surface area (Å²) in [4.78, 5) is 12.1. The topological polar surface area (TPSA) is 78.9 Å². The number of aryl methyl sites for hydroxylation is 1. The minimum absolute atomic E-state index is 0.328. The summed E-state index contributed by atoms with van der Waals surface area (Å²) in [7, 11) is 0. The summed E-state index contributed by atoms with van der Waals surface area (Å²) in [5.74, 6) is -0.00160. The molecule has 1 aromatic heterocycles. The number of nitrogens with zero attached hydrogens (tertiary/aromatic N) is 2. The number of hydrogen-bond donors (Lipinski definition) is 1. The lowest BCUT2D eigenvalue weighted by atomic mass is 9.83. The average molecular weight is 235 g/mol. The molecule has 0 aliphatic heterocycles. The largest absolute Gasteiger partial charge is 0.338 e. The van der Waals surface area contributed by atoms with Crippen LogP contribution in [-0.2, 0) is 4.79 Å². The first-order valence-corrected chi connectivity index (χ1v) is 5.66. The Hall–Kier alpha value is -1.83. The van der Waals surface area contributed by atoms with Gasteiger partial charge in [-0.3, -0.25) is 10.1 Å². The van der Waals surface area contributed by atoms with E-state index in [-0.39, 0.29) is 5.91 Å². The molecule has 0 aromatic carbocycles. The third-order valence-electron chi connectivity index (χ3n) is 3.24. The SMILES string of the molecule is CCC(C#N)(CC)C(=O)Nc1onc(C)c1C. The van der Waals surface area contributed by atoms with E-state index >= 15 is 0 Å². The number of carbonyl (C=O) groups is 1. The zero-order chi connectivity index (χ0) is 13.1. The molecule has 0 saturated heterocycles. The summed E-state index contributed by atoms with van der Waals surface area (Å²) in [6.45, 7) is 7.26. The number of nitrogens with one attached hydrogen (secondary N) is 1. The number of anilines is 1. The van der Waals surface area contributed by atoms with Gasteiger partial charge in [0.25, 0.3) is 0 Å². The summed E-state index contributed by atoms with van der Waals surface area (Å²) in [6, 6.07) is 2.09. The predicted octanol–water partition coefficient (Wildman–Crippen LogP) is 2.56. The molecular weight excluding hydrogens is 218 g/mol. The molecule has 17 heavy (non-hydrogen) atoms. The summed E-state index contributed by atoms with van der Waals surface area (Å²) < 4.78 is 5.00. The summed E-state index contributed by atoms with van der Waals surface area (Å²) in [5.41, 5.74) is 0.529. The van der Waals surface area contributed by atoms with E-state index in [1.807, 2.05) is 20.8 Å². The van der Waals surface area contributed by atoms with Gasteiger partial charge in [-0.15, -0.1) is 0 Å². The lowest BCUT2D eigenvalue weighted by Crippen LogP contribution is -2.34. The molecule has 0 atom stereocenters. The van der Waals surface area contributed by atoms with Crippen molar-refractivity contribution in [3.8, 4) is 6.07 Å². The normalized spacial score (nSPS) is 11.0. The summed E-state index contributed by atoms with van der Waals surface area (Å²) >= 11 is 0. The molecule has 92 valence electrons. The smallest absolute Gasteiger partial charge is 0.247 e. The highest BCUT2D eigenvalue weighted by molar-refractivity contribution is 5.96. The van der Waals surface area contributed by atoms with Crippen molar-refractivity contribution in [1.82, 2.24) is 5.16 Å². The number of amides is 1. The highest BCUT2D eigenvalue weighted by Crippen LogP contribution is 2.28. The van der Waals surface area contributed by atoms with E-state index in [4.69, 9.17) is 9.78 Å². The van der Waals surface area contributed by atoms with Gasteiger partial charge in [0.2, 0.25) is 11.8 Å². The van der Waals surface area contributed by atoms with Crippen molar-refractivity contribution in [1.29, 1.82) is 5.26 Å². The van der Waals surface area contributed by atoms with Crippen LogP contribution in [0.1, 0.15) is 37.9 Å². The molecule has 0 saturated carbocycles. The van der Waals surface area contributed by atoms with Crippen molar-refractivity contribution in [2.75, 3.05) is 5.32 Å². The first-order chi connectivity index (χ1) is 8.00. The van der Waals surface area contributed by atoms with Gasteiger partial charge in [-0.25, -0.2) is 0 Å². The maximum absolute atomic E-state index is 12.1. The van der Waals surface area contributed by atoms with Gasteiger partial charge in [0, 0.05) is 5.56 Å². The van der Waals surface area contributed by atoms with E-state index in [0.29, 0.717) is 18.7 Å². The van der Waals surface area contributed by atoms with Crippen LogP contribution in [0.4, 0.5) is 5.88 Å². The first kappa shape index (κ1) is 13.2. The highest BCUT2D eigenvalue weighted by Gasteiger charge is 2.35. The van der Waals surface area contributed by atoms with Gasteiger partial charge in [-0.05, 0) is 26.7 Å². The first-order valence-electron chi connectivity index (χ1n) is 5.66. The minimum Gasteiger partial charge on any atom is -0.338 e. The molecule has 0 radical (unpaired) electrons. The molecule has 1 aromatic rings. The van der Waals surface area contributed by atoms with Crippen LogP contribution >= 0.6 is 0 Å². The fraction of sp³-hybridized carbons (Fsp3) is 0.583. The van der Waals surface area contributed by atoms with Crippen LogP contribution in [0.3, 0.4) is 0 Å². The van der Waals surface area contributed by atoms with Crippen molar-refractivity contribution in [2.45, 2.75) is 40.5 Å². The Balaban J connectivity index is 2.93. The Morgan fingerprint density at radius 1 is 1.47 bits per heavy atom. The second kappa shape index (κ2) is 5.00. The quantitative estimate of drug-likeness (QED) is 0.869. The fourth-order valence-electron chi connectivity index (χ4n) is 1.53. The van der Waals surface area contributed by atoms with Crippen LogP contribution in [0.25, 0.3) is 0 Å². The summed E-state index contributed by atoms with van der Waals surface area (Å²) in [5, 5.41) is 15.5. The van der Waals surface area contributed by atoms with E-state index in [1.54, 1.807) is 6.92 Å². The fourth-order valence-corrected chi connectivity index (χ4v) is 1.53. The molecule has 0 spiro atoms. The lowest BCUT2D eigenvalue weighted by Gasteiger charge is -2.21. The van der Waals surface area contributed by atoms with Crippen LogP contribution in [0.15, 0.2) is 4.52 Å². The van der Waals surface area contributed by atoms with Crippen LogP contribution in [-0.4, -0.2) is 11.1 Å². The molecule has 1 rings (SSSR count). The Kier molecular flexibility index (Phi) is 3.89. The van der Waals surface area contributed by atoms with Gasteiger partial charge < -0.3 is 4.52 Å². The Bertz CT molecular complexity index is 453. The Labute approximate surface area is 101 Å². The van der Waals surface area contributed by atoms with Crippen LogP contribution < -0.4 is 5.32 Å². The molecule has 1 N–H and O–H groups in total. The van der Waals surface area contributed by atoms with E-state index in [9.17, 15) is 4.79 Å². The molecule has 5 nitrogen and oxygen atoms in total. The van der Waals surface area contributed by atoms with Gasteiger partial charge in [0.1, 0.15) is 5.41 Å².